The summed E-state index contributed by atoms with van der Waals surface area (Å²) in [5, 5.41) is 0. The van der Waals surface area contributed by atoms with Gasteiger partial charge in [-0.15, -0.1) is 0 Å². The summed E-state index contributed by atoms with van der Waals surface area (Å²) in [6.45, 7) is 0. The zero-order chi connectivity index (χ0) is 9.28. The number of halogens is 6. The van der Waals surface area contributed by atoms with Crippen molar-refractivity contribution in [2.45, 2.75) is 11.6 Å². The van der Waals surface area contributed by atoms with Gasteiger partial charge in [-0.1, -0.05) is 0 Å². The number of rotatable bonds is 1. The molecule has 0 aliphatic carbocycles. The van der Waals surface area contributed by atoms with Gasteiger partial charge < -0.3 is 4.12 Å². The van der Waals surface area contributed by atoms with Gasteiger partial charge in [-0.2, -0.15) is 26.3 Å². The minimum Gasteiger partial charge on any atom is -0.454 e. The smallest absolute Gasteiger partial charge is 0.408 e. The van der Waals surface area contributed by atoms with Gasteiger partial charge in [0.2, 0.25) is 0 Å². The maximum Gasteiger partial charge on any atom is 0.408 e. The third kappa shape index (κ3) is 3.25. The SMILES string of the molecule is FC(F)(F)[SiH](O[SiH3])C(F)(F)F. The highest BCUT2D eigenvalue weighted by Crippen LogP contribution is 2.31. The summed E-state index contributed by atoms with van der Waals surface area (Å²) in [7, 11) is -5.57. The molecule has 0 saturated carbocycles. The van der Waals surface area contributed by atoms with Gasteiger partial charge in [0.25, 0.3) is 0 Å². The Morgan fingerprint density at radius 1 is 0.909 bits per heavy atom. The van der Waals surface area contributed by atoms with Crippen LogP contribution >= 0.6 is 0 Å². The second-order valence-electron chi connectivity index (χ2n) is 1.70. The molecule has 0 bridgehead atoms. The molecule has 0 heterocycles. The van der Waals surface area contributed by atoms with Crippen LogP contribution < -0.4 is 0 Å². The van der Waals surface area contributed by atoms with E-state index in [4.69, 9.17) is 0 Å². The Morgan fingerprint density at radius 3 is 1.18 bits per heavy atom. The fraction of sp³-hybridized carbons (Fsp3) is 1.00. The highest BCUT2D eigenvalue weighted by Gasteiger charge is 2.59. The van der Waals surface area contributed by atoms with E-state index in [2.05, 4.69) is 4.12 Å². The molecular formula is C2H4F6OSi2. The first kappa shape index (κ1) is 11.0. The largest absolute Gasteiger partial charge is 0.454 e. The van der Waals surface area contributed by atoms with Crippen LogP contribution in [-0.2, 0) is 4.12 Å². The van der Waals surface area contributed by atoms with Gasteiger partial charge in [0.15, 0.2) is 0 Å². The molecule has 11 heavy (non-hydrogen) atoms. The maximum absolute atomic E-state index is 11.5. The third-order valence-corrected chi connectivity index (χ3v) is 3.91. The molecule has 0 fully saturated rings. The molecule has 0 saturated heterocycles. The molecular weight excluding hydrogens is 210 g/mol. The van der Waals surface area contributed by atoms with Crippen LogP contribution in [0.1, 0.15) is 0 Å². The van der Waals surface area contributed by atoms with Crippen LogP contribution in [0.15, 0.2) is 0 Å². The second-order valence-corrected chi connectivity index (χ2v) is 5.65. The van der Waals surface area contributed by atoms with E-state index in [-0.39, 0.29) is 0 Å². The predicted octanol–water partition coefficient (Wildman–Crippen LogP) is 0.210. The van der Waals surface area contributed by atoms with Crippen molar-refractivity contribution in [2.24, 2.45) is 0 Å². The molecule has 0 aromatic heterocycles. The van der Waals surface area contributed by atoms with Crippen molar-refractivity contribution in [3.63, 3.8) is 0 Å². The molecule has 0 aromatic rings. The highest BCUT2D eigenvalue weighted by molar-refractivity contribution is 6.59. The first-order valence-corrected chi connectivity index (χ1v) is 4.80. The predicted molar refractivity (Wildman–Crippen MR) is 30.3 cm³/mol. The van der Waals surface area contributed by atoms with Gasteiger partial charge in [0, 0.05) is 0 Å². The summed E-state index contributed by atoms with van der Waals surface area (Å²) >= 11 is 0. The topological polar surface area (TPSA) is 9.23 Å². The Hall–Kier alpha value is -0.0262. The molecule has 9 heteroatoms. The second kappa shape index (κ2) is 3.15. The molecule has 0 rings (SSSR count). The minimum atomic E-state index is -5.22. The maximum atomic E-state index is 11.5. The lowest BCUT2D eigenvalue weighted by Gasteiger charge is -2.19. The minimum absolute atomic E-state index is 0.544. The van der Waals surface area contributed by atoms with E-state index in [0.717, 1.165) is 0 Å². The van der Waals surface area contributed by atoms with Crippen LogP contribution in [0, 0.1) is 0 Å². The van der Waals surface area contributed by atoms with Crippen molar-refractivity contribution < 1.29 is 30.5 Å². The van der Waals surface area contributed by atoms with E-state index >= 15 is 0 Å². The molecule has 68 valence electrons. The van der Waals surface area contributed by atoms with Gasteiger partial charge >= 0.3 is 20.6 Å². The Bertz CT molecular complexity index is 114. The average molecular weight is 214 g/mol. The molecule has 0 spiro atoms. The Morgan fingerprint density at radius 2 is 1.18 bits per heavy atom. The number of alkyl halides is 6. The van der Waals surface area contributed by atoms with Crippen LogP contribution in [0.2, 0.25) is 0 Å². The van der Waals surface area contributed by atoms with E-state index < -0.39 is 31.1 Å². The third-order valence-electron chi connectivity index (χ3n) is 0.830. The summed E-state index contributed by atoms with van der Waals surface area (Å²) < 4.78 is 72.2. The van der Waals surface area contributed by atoms with E-state index in [1.807, 2.05) is 0 Å². The Balaban J connectivity index is 4.43. The van der Waals surface area contributed by atoms with Crippen LogP contribution in [-0.4, -0.2) is 31.1 Å². The normalized spacial score (nSPS) is 14.5. The number of hydrogen-bond donors (Lipinski definition) is 0. The summed E-state index contributed by atoms with van der Waals surface area (Å²) in [6, 6.07) is 0. The van der Waals surface area contributed by atoms with E-state index in [0.29, 0.717) is 0 Å². The fourth-order valence-corrected chi connectivity index (χ4v) is 2.96. The fourth-order valence-electron chi connectivity index (χ4n) is 0.453. The van der Waals surface area contributed by atoms with Crippen molar-refractivity contribution in [3.05, 3.63) is 0 Å². The Kier molecular flexibility index (Phi) is 3.14. The average Bonchev–Trinajstić information content (AvgIpc) is 1.56. The number of hydrogen-bond acceptors (Lipinski definition) is 1. The van der Waals surface area contributed by atoms with Crippen LogP contribution in [0.4, 0.5) is 26.3 Å². The molecule has 0 amide bonds. The molecule has 1 nitrogen and oxygen atoms in total. The summed E-state index contributed by atoms with van der Waals surface area (Å²) in [5.74, 6) is -10.4. The molecule has 0 radical (unpaired) electrons. The van der Waals surface area contributed by atoms with Crippen molar-refractivity contribution in [2.75, 3.05) is 0 Å². The zero-order valence-corrected chi connectivity index (χ0v) is 8.41. The standard InChI is InChI=1S/C2H4F6OSi2/c3-1(4,5)11(9-10)2(6,7)8/h11H,10H3. The summed E-state index contributed by atoms with van der Waals surface area (Å²) in [6.07, 6.45) is 0. The van der Waals surface area contributed by atoms with Crippen molar-refractivity contribution >= 4 is 19.5 Å². The first-order valence-electron chi connectivity index (χ1n) is 2.36. The van der Waals surface area contributed by atoms with Crippen molar-refractivity contribution in [1.29, 1.82) is 0 Å². The highest BCUT2D eigenvalue weighted by atomic mass is 28.3. The lowest BCUT2D eigenvalue weighted by atomic mass is 11.5. The van der Waals surface area contributed by atoms with E-state index in [1.165, 1.54) is 0 Å². The molecule has 0 N–H and O–H groups in total. The van der Waals surface area contributed by atoms with Crippen molar-refractivity contribution in [1.82, 2.24) is 0 Å². The van der Waals surface area contributed by atoms with Gasteiger partial charge in [0.05, 0.1) is 0 Å². The monoisotopic (exact) mass is 214 g/mol. The lowest BCUT2D eigenvalue weighted by Crippen LogP contribution is -2.49. The van der Waals surface area contributed by atoms with Crippen molar-refractivity contribution in [3.8, 4) is 0 Å². The molecule has 0 aliphatic heterocycles. The summed E-state index contributed by atoms with van der Waals surface area (Å²) in [4.78, 5) is 0. The van der Waals surface area contributed by atoms with Gasteiger partial charge in [0.1, 0.15) is 10.5 Å². The van der Waals surface area contributed by atoms with E-state index in [1.54, 1.807) is 0 Å². The summed E-state index contributed by atoms with van der Waals surface area (Å²) in [5.41, 5.74) is 0. The van der Waals surface area contributed by atoms with Gasteiger partial charge in [-0.25, -0.2) is 0 Å². The first-order chi connectivity index (χ1) is 4.69. The Labute approximate surface area is 62.6 Å². The lowest BCUT2D eigenvalue weighted by molar-refractivity contribution is -0.118. The molecule has 0 aromatic carbocycles. The van der Waals surface area contributed by atoms with Crippen LogP contribution in [0.25, 0.3) is 0 Å². The molecule has 0 atom stereocenters. The van der Waals surface area contributed by atoms with Gasteiger partial charge in [-0.3, -0.25) is 0 Å². The zero-order valence-electron chi connectivity index (χ0n) is 5.25. The van der Waals surface area contributed by atoms with Crippen LogP contribution in [0.5, 0.6) is 0 Å². The van der Waals surface area contributed by atoms with Gasteiger partial charge in [-0.05, 0) is 0 Å². The molecule has 0 unspecified atom stereocenters. The molecule has 0 aliphatic rings. The quantitative estimate of drug-likeness (QED) is 0.448. The van der Waals surface area contributed by atoms with E-state index in [9.17, 15) is 26.3 Å². The van der Waals surface area contributed by atoms with Crippen LogP contribution in [0.3, 0.4) is 0 Å².